The maximum atomic E-state index is 12.5. The van der Waals surface area contributed by atoms with E-state index in [2.05, 4.69) is 6.58 Å². The molecule has 110 valence electrons. The lowest BCUT2D eigenvalue weighted by Crippen LogP contribution is -2.29. The SMILES string of the molecule is C=C(CC)[C@@H]1CN(S(=O)(=O)c2ccc(C)cc2)C[C@@H]1O. The van der Waals surface area contributed by atoms with Crippen molar-refractivity contribution in [1.82, 2.24) is 4.31 Å². The minimum atomic E-state index is -3.53. The second-order valence-corrected chi connectivity index (χ2v) is 7.26. The molecule has 1 aliphatic rings. The highest BCUT2D eigenvalue weighted by Crippen LogP contribution is 2.29. The fraction of sp³-hybridized carbons (Fsp3) is 0.467. The Morgan fingerprint density at radius 3 is 2.50 bits per heavy atom. The van der Waals surface area contributed by atoms with Crippen molar-refractivity contribution in [3.05, 3.63) is 42.0 Å². The van der Waals surface area contributed by atoms with Crippen molar-refractivity contribution in [3.63, 3.8) is 0 Å². The number of aliphatic hydroxyl groups excluding tert-OH is 1. The van der Waals surface area contributed by atoms with Crippen LogP contribution in [0.1, 0.15) is 18.9 Å². The van der Waals surface area contributed by atoms with Gasteiger partial charge >= 0.3 is 0 Å². The van der Waals surface area contributed by atoms with Crippen LogP contribution in [0.4, 0.5) is 0 Å². The number of hydrogen-bond donors (Lipinski definition) is 1. The zero-order chi connectivity index (χ0) is 14.9. The van der Waals surface area contributed by atoms with Crippen molar-refractivity contribution in [2.45, 2.75) is 31.3 Å². The Bertz CT molecular complexity index is 592. The summed E-state index contributed by atoms with van der Waals surface area (Å²) in [6.45, 7) is 8.25. The Kier molecular flexibility index (Phi) is 4.32. The van der Waals surface area contributed by atoms with Gasteiger partial charge in [0, 0.05) is 19.0 Å². The van der Waals surface area contributed by atoms with Crippen LogP contribution in [-0.2, 0) is 10.0 Å². The monoisotopic (exact) mass is 295 g/mol. The zero-order valence-electron chi connectivity index (χ0n) is 11.9. The predicted molar refractivity (Wildman–Crippen MR) is 78.9 cm³/mol. The number of β-amino-alcohol motifs (C(OH)–C–C–N with tert-alkyl or cyclic N) is 1. The van der Waals surface area contributed by atoms with E-state index in [9.17, 15) is 13.5 Å². The lowest BCUT2D eigenvalue weighted by molar-refractivity contribution is 0.158. The molecule has 1 aliphatic heterocycles. The average Bonchev–Trinajstić information content (AvgIpc) is 2.81. The number of hydrogen-bond acceptors (Lipinski definition) is 3. The van der Waals surface area contributed by atoms with E-state index in [0.29, 0.717) is 6.54 Å². The number of sulfonamides is 1. The Hall–Kier alpha value is -1.17. The first-order valence-electron chi connectivity index (χ1n) is 6.78. The van der Waals surface area contributed by atoms with Crippen LogP contribution in [0, 0.1) is 12.8 Å². The Morgan fingerprint density at radius 1 is 1.35 bits per heavy atom. The smallest absolute Gasteiger partial charge is 0.243 e. The highest BCUT2D eigenvalue weighted by Gasteiger charge is 2.39. The summed E-state index contributed by atoms with van der Waals surface area (Å²) in [6, 6.07) is 6.78. The first-order valence-corrected chi connectivity index (χ1v) is 8.22. The van der Waals surface area contributed by atoms with Crippen LogP contribution in [0.3, 0.4) is 0 Å². The van der Waals surface area contributed by atoms with E-state index in [-0.39, 0.29) is 17.4 Å². The minimum absolute atomic E-state index is 0.139. The first-order chi connectivity index (χ1) is 9.36. The molecule has 4 nitrogen and oxygen atoms in total. The number of aliphatic hydroxyl groups is 1. The molecule has 1 fully saturated rings. The van der Waals surface area contributed by atoms with E-state index in [1.54, 1.807) is 24.3 Å². The lowest BCUT2D eigenvalue weighted by atomic mass is 9.96. The van der Waals surface area contributed by atoms with Crippen LogP contribution < -0.4 is 0 Å². The summed E-state index contributed by atoms with van der Waals surface area (Å²) in [5.74, 6) is -0.166. The molecule has 1 aromatic carbocycles. The number of benzene rings is 1. The molecule has 1 heterocycles. The summed E-state index contributed by atoms with van der Waals surface area (Å²) in [5, 5.41) is 10.0. The first kappa shape index (κ1) is 15.2. The van der Waals surface area contributed by atoms with Crippen molar-refractivity contribution in [2.24, 2.45) is 5.92 Å². The molecule has 1 N–H and O–H groups in total. The molecule has 0 unspecified atom stereocenters. The van der Waals surface area contributed by atoms with Gasteiger partial charge in [0.1, 0.15) is 0 Å². The van der Waals surface area contributed by atoms with Gasteiger partial charge in [-0.15, -0.1) is 0 Å². The quantitative estimate of drug-likeness (QED) is 0.864. The molecule has 1 aromatic rings. The average molecular weight is 295 g/mol. The molecule has 5 heteroatoms. The third kappa shape index (κ3) is 2.80. The van der Waals surface area contributed by atoms with Gasteiger partial charge in [0.15, 0.2) is 0 Å². The molecule has 2 rings (SSSR count). The molecule has 1 saturated heterocycles. The van der Waals surface area contributed by atoms with Gasteiger partial charge in [-0.3, -0.25) is 0 Å². The van der Waals surface area contributed by atoms with E-state index in [1.165, 1.54) is 4.31 Å². The second-order valence-electron chi connectivity index (χ2n) is 5.32. The van der Waals surface area contributed by atoms with E-state index < -0.39 is 16.1 Å². The van der Waals surface area contributed by atoms with Crippen molar-refractivity contribution < 1.29 is 13.5 Å². The fourth-order valence-electron chi connectivity index (χ4n) is 2.47. The number of rotatable bonds is 4. The van der Waals surface area contributed by atoms with Crippen molar-refractivity contribution in [1.29, 1.82) is 0 Å². The molecule has 0 aromatic heterocycles. The van der Waals surface area contributed by atoms with E-state index in [1.807, 2.05) is 13.8 Å². The van der Waals surface area contributed by atoms with Gasteiger partial charge < -0.3 is 5.11 Å². The predicted octanol–water partition coefficient (Wildman–Crippen LogP) is 1.94. The van der Waals surface area contributed by atoms with Crippen LogP contribution in [0.15, 0.2) is 41.3 Å². The maximum Gasteiger partial charge on any atom is 0.243 e. The summed E-state index contributed by atoms with van der Waals surface area (Å²) in [5.41, 5.74) is 1.92. The fourth-order valence-corrected chi connectivity index (χ4v) is 3.95. The highest BCUT2D eigenvalue weighted by molar-refractivity contribution is 7.89. The van der Waals surface area contributed by atoms with Crippen molar-refractivity contribution in [2.75, 3.05) is 13.1 Å². The van der Waals surface area contributed by atoms with Crippen LogP contribution in [-0.4, -0.2) is 37.0 Å². The van der Waals surface area contributed by atoms with Gasteiger partial charge in [-0.05, 0) is 25.5 Å². The van der Waals surface area contributed by atoms with Crippen LogP contribution in [0.25, 0.3) is 0 Å². The molecule has 0 amide bonds. The van der Waals surface area contributed by atoms with Crippen LogP contribution in [0.2, 0.25) is 0 Å². The zero-order valence-corrected chi connectivity index (χ0v) is 12.7. The lowest BCUT2D eigenvalue weighted by Gasteiger charge is -2.17. The van der Waals surface area contributed by atoms with Gasteiger partial charge in [0.25, 0.3) is 0 Å². The molecular weight excluding hydrogens is 274 g/mol. The minimum Gasteiger partial charge on any atom is -0.391 e. The third-order valence-corrected chi connectivity index (χ3v) is 5.74. The van der Waals surface area contributed by atoms with Crippen LogP contribution in [0.5, 0.6) is 0 Å². The van der Waals surface area contributed by atoms with E-state index >= 15 is 0 Å². The molecule has 0 spiro atoms. The van der Waals surface area contributed by atoms with Gasteiger partial charge in [-0.25, -0.2) is 8.42 Å². The Labute approximate surface area is 120 Å². The molecule has 0 radical (unpaired) electrons. The molecule has 0 aliphatic carbocycles. The molecular formula is C15H21NO3S. The summed E-state index contributed by atoms with van der Waals surface area (Å²) < 4.78 is 26.4. The molecule has 0 bridgehead atoms. The summed E-state index contributed by atoms with van der Waals surface area (Å²) >= 11 is 0. The van der Waals surface area contributed by atoms with E-state index in [0.717, 1.165) is 17.6 Å². The topological polar surface area (TPSA) is 57.6 Å². The van der Waals surface area contributed by atoms with Crippen molar-refractivity contribution >= 4 is 10.0 Å². The normalized spacial score (nSPS) is 23.9. The summed E-state index contributed by atoms with van der Waals surface area (Å²) in [7, 11) is -3.53. The van der Waals surface area contributed by atoms with Gasteiger partial charge in [0.05, 0.1) is 11.0 Å². The summed E-state index contributed by atoms with van der Waals surface area (Å²) in [4.78, 5) is 0.276. The Morgan fingerprint density at radius 2 is 1.95 bits per heavy atom. The molecule has 2 atom stereocenters. The standard InChI is InChI=1S/C15H21NO3S/c1-4-12(3)14-9-16(10-15(14)17)20(18,19)13-7-5-11(2)6-8-13/h5-8,14-15,17H,3-4,9-10H2,1-2H3/t14-,15-/m0/s1. The second kappa shape index (κ2) is 5.68. The Balaban J connectivity index is 2.24. The maximum absolute atomic E-state index is 12.5. The van der Waals surface area contributed by atoms with Gasteiger partial charge in [-0.2, -0.15) is 4.31 Å². The number of nitrogens with zero attached hydrogens (tertiary/aromatic N) is 1. The summed E-state index contributed by atoms with van der Waals surface area (Å²) in [6.07, 6.45) is 0.0860. The number of aryl methyl sites for hydroxylation is 1. The van der Waals surface area contributed by atoms with E-state index in [4.69, 9.17) is 0 Å². The van der Waals surface area contributed by atoms with Crippen molar-refractivity contribution in [3.8, 4) is 0 Å². The molecule has 20 heavy (non-hydrogen) atoms. The molecule has 0 saturated carbocycles. The third-order valence-electron chi connectivity index (χ3n) is 3.89. The van der Waals surface area contributed by atoms with Gasteiger partial charge in [0.2, 0.25) is 10.0 Å². The largest absolute Gasteiger partial charge is 0.391 e. The van der Waals surface area contributed by atoms with Crippen LogP contribution >= 0.6 is 0 Å². The van der Waals surface area contributed by atoms with Gasteiger partial charge in [-0.1, -0.05) is 36.8 Å². The highest BCUT2D eigenvalue weighted by atomic mass is 32.2.